The van der Waals surface area contributed by atoms with Crippen molar-refractivity contribution in [1.82, 2.24) is 0 Å². The second-order valence-electron chi connectivity index (χ2n) is 3.49. The van der Waals surface area contributed by atoms with E-state index in [4.69, 9.17) is 14.8 Å². The molecule has 0 aromatic heterocycles. The van der Waals surface area contributed by atoms with E-state index in [0.717, 1.165) is 0 Å². The molecule has 9 nitrogen and oxygen atoms in total. The molecule has 4 N–H and O–H groups in total. The van der Waals surface area contributed by atoms with Crippen LogP contribution in [0.1, 0.15) is 5.56 Å². The topological polar surface area (TPSA) is 175 Å². The lowest BCUT2D eigenvalue weighted by Crippen LogP contribution is -2.10. The standard InChI is InChI=1S/C8H9NO8S3/c1-4(18(10)11)5-2-6(9)8(20(15,16)17)3-7(5)19(12,13)14/h2-3H,1,9H2,(H,10,11)(H,12,13,14)(H,15,16,17)/p-1. The van der Waals surface area contributed by atoms with Crippen LogP contribution in [0.15, 0.2) is 28.5 Å². The summed E-state index contributed by atoms with van der Waals surface area (Å²) in [6.45, 7) is 3.08. The van der Waals surface area contributed by atoms with E-state index in [2.05, 4.69) is 6.58 Å². The number of anilines is 1. The Balaban J connectivity index is 3.86. The molecular weight excluding hydrogens is 334 g/mol. The maximum absolute atomic E-state index is 11.2. The van der Waals surface area contributed by atoms with Crippen LogP contribution >= 0.6 is 0 Å². The summed E-state index contributed by atoms with van der Waals surface area (Å²) in [6.07, 6.45) is 0. The normalized spacial score (nSPS) is 13.9. The molecule has 12 heteroatoms. The lowest BCUT2D eigenvalue weighted by atomic mass is 10.2. The molecule has 0 saturated heterocycles. The Morgan fingerprint density at radius 3 is 1.95 bits per heavy atom. The summed E-state index contributed by atoms with van der Waals surface area (Å²) in [5.74, 6) is 0. The van der Waals surface area contributed by atoms with Gasteiger partial charge < -0.3 is 10.3 Å². The maximum atomic E-state index is 11.2. The van der Waals surface area contributed by atoms with Gasteiger partial charge in [-0.2, -0.15) is 16.8 Å². The average molecular weight is 342 g/mol. The zero-order valence-corrected chi connectivity index (χ0v) is 12.0. The molecule has 112 valence electrons. The van der Waals surface area contributed by atoms with E-state index in [9.17, 15) is 25.6 Å². The Hall–Kier alpha value is -1.31. The first-order chi connectivity index (χ1) is 8.85. The van der Waals surface area contributed by atoms with Crippen molar-refractivity contribution in [2.75, 3.05) is 5.73 Å². The molecule has 0 saturated carbocycles. The van der Waals surface area contributed by atoms with E-state index < -0.39 is 57.3 Å². The van der Waals surface area contributed by atoms with Crippen LogP contribution in [-0.4, -0.2) is 34.7 Å². The van der Waals surface area contributed by atoms with E-state index in [1.54, 1.807) is 0 Å². The van der Waals surface area contributed by atoms with Crippen LogP contribution in [0.4, 0.5) is 5.69 Å². The number of nitrogen functional groups attached to an aromatic ring is 1. The van der Waals surface area contributed by atoms with Crippen LogP contribution < -0.4 is 5.73 Å². The second-order valence-corrected chi connectivity index (χ2v) is 7.24. The Kier molecular flexibility index (Phi) is 4.38. The average Bonchev–Trinajstić information content (AvgIpc) is 2.23. The van der Waals surface area contributed by atoms with Crippen molar-refractivity contribution < 1.29 is 34.7 Å². The van der Waals surface area contributed by atoms with Gasteiger partial charge in [0.25, 0.3) is 20.2 Å². The molecule has 0 aliphatic heterocycles. The van der Waals surface area contributed by atoms with Gasteiger partial charge in [-0.05, 0) is 23.2 Å². The van der Waals surface area contributed by atoms with Crippen molar-refractivity contribution in [2.45, 2.75) is 9.79 Å². The molecule has 1 atom stereocenters. The number of hydrogen-bond donors (Lipinski definition) is 3. The van der Waals surface area contributed by atoms with Gasteiger partial charge in [-0.15, -0.1) is 0 Å². The van der Waals surface area contributed by atoms with Gasteiger partial charge in [0.2, 0.25) is 0 Å². The molecule has 0 fully saturated rings. The molecule has 1 unspecified atom stereocenters. The summed E-state index contributed by atoms with van der Waals surface area (Å²) in [6, 6.07) is 0.998. The molecule has 1 aromatic carbocycles. The summed E-state index contributed by atoms with van der Waals surface area (Å²) < 4.78 is 83.8. The maximum Gasteiger partial charge on any atom is 0.296 e. The minimum Gasteiger partial charge on any atom is -0.768 e. The highest BCUT2D eigenvalue weighted by atomic mass is 32.2. The molecule has 0 amide bonds. The van der Waals surface area contributed by atoms with Crippen LogP contribution in [0.2, 0.25) is 0 Å². The van der Waals surface area contributed by atoms with E-state index in [1.165, 1.54) is 0 Å². The summed E-state index contributed by atoms with van der Waals surface area (Å²) >= 11 is -2.93. The quantitative estimate of drug-likeness (QED) is 0.374. The summed E-state index contributed by atoms with van der Waals surface area (Å²) in [7, 11) is -9.84. The van der Waals surface area contributed by atoms with E-state index in [1.807, 2.05) is 0 Å². The first kappa shape index (κ1) is 16.7. The minimum absolute atomic E-state index is 0.341. The van der Waals surface area contributed by atoms with Crippen molar-refractivity contribution in [1.29, 1.82) is 0 Å². The summed E-state index contributed by atoms with van der Waals surface area (Å²) in [4.78, 5) is -2.78. The van der Waals surface area contributed by atoms with Crippen molar-refractivity contribution >= 4 is 41.9 Å². The lowest BCUT2D eigenvalue weighted by Gasteiger charge is -2.14. The van der Waals surface area contributed by atoms with E-state index in [-0.39, 0.29) is 0 Å². The largest absolute Gasteiger partial charge is 0.768 e. The van der Waals surface area contributed by atoms with Gasteiger partial charge in [-0.1, -0.05) is 6.58 Å². The number of benzene rings is 1. The molecule has 0 aliphatic carbocycles. The van der Waals surface area contributed by atoms with Gasteiger partial charge in [0.1, 0.15) is 9.79 Å². The molecule has 20 heavy (non-hydrogen) atoms. The third kappa shape index (κ3) is 3.41. The number of nitrogens with two attached hydrogens (primary N) is 1. The van der Waals surface area contributed by atoms with Crippen LogP contribution in [0.25, 0.3) is 4.91 Å². The fourth-order valence-corrected chi connectivity index (χ4v) is 3.16. The fraction of sp³-hybridized carbons (Fsp3) is 0. The SMILES string of the molecule is C=C(c1cc(N)c(S(=O)(=O)O)cc1S(=O)(=O)O)S(=O)[O-]. The zero-order valence-electron chi connectivity index (χ0n) is 9.51. The van der Waals surface area contributed by atoms with Gasteiger partial charge in [0.05, 0.1) is 5.69 Å². The van der Waals surface area contributed by atoms with Crippen LogP contribution in [0, 0.1) is 0 Å². The van der Waals surface area contributed by atoms with Gasteiger partial charge in [-0.3, -0.25) is 13.3 Å². The third-order valence-corrected chi connectivity index (χ3v) is 4.59. The molecule has 0 spiro atoms. The predicted molar refractivity (Wildman–Crippen MR) is 68.4 cm³/mol. The highest BCUT2D eigenvalue weighted by Crippen LogP contribution is 2.31. The van der Waals surface area contributed by atoms with Crippen LogP contribution in [0.3, 0.4) is 0 Å². The van der Waals surface area contributed by atoms with Gasteiger partial charge in [0.15, 0.2) is 0 Å². The molecule has 0 aliphatic rings. The highest BCUT2D eigenvalue weighted by Gasteiger charge is 2.24. The van der Waals surface area contributed by atoms with Gasteiger partial charge in [0, 0.05) is 10.5 Å². The van der Waals surface area contributed by atoms with Gasteiger partial charge in [-0.25, -0.2) is 0 Å². The van der Waals surface area contributed by atoms with Crippen molar-refractivity contribution in [2.24, 2.45) is 0 Å². The fourth-order valence-electron chi connectivity index (χ4n) is 1.32. The summed E-state index contributed by atoms with van der Waals surface area (Å²) in [5.41, 5.74) is 4.08. The summed E-state index contributed by atoms with van der Waals surface area (Å²) in [5, 5.41) is 0. The first-order valence-corrected chi connectivity index (χ1v) is 8.48. The van der Waals surface area contributed by atoms with Crippen LogP contribution in [-0.2, 0) is 31.3 Å². The number of rotatable bonds is 4. The zero-order chi connectivity index (χ0) is 15.9. The van der Waals surface area contributed by atoms with E-state index in [0.29, 0.717) is 12.1 Å². The lowest BCUT2D eigenvalue weighted by molar-refractivity contribution is 0.481. The molecule has 1 rings (SSSR count). The Morgan fingerprint density at radius 1 is 1.15 bits per heavy atom. The Bertz CT molecular complexity index is 808. The predicted octanol–water partition coefficient (Wildman–Crippen LogP) is -0.388. The van der Waals surface area contributed by atoms with Crippen molar-refractivity contribution in [3.05, 3.63) is 24.3 Å². The number of hydrogen-bond acceptors (Lipinski definition) is 7. The Labute approximate surface area is 116 Å². The molecule has 0 radical (unpaired) electrons. The molecule has 0 bridgehead atoms. The third-order valence-electron chi connectivity index (χ3n) is 2.17. The van der Waals surface area contributed by atoms with Crippen molar-refractivity contribution in [3.63, 3.8) is 0 Å². The van der Waals surface area contributed by atoms with E-state index >= 15 is 0 Å². The minimum atomic E-state index is -4.98. The second kappa shape index (κ2) is 5.23. The smallest absolute Gasteiger partial charge is 0.296 e. The molecule has 0 heterocycles. The first-order valence-electron chi connectivity index (χ1n) is 4.52. The molecule has 1 aromatic rings. The van der Waals surface area contributed by atoms with Gasteiger partial charge >= 0.3 is 0 Å². The Morgan fingerprint density at radius 2 is 1.60 bits per heavy atom. The van der Waals surface area contributed by atoms with Crippen molar-refractivity contribution in [3.8, 4) is 0 Å². The van der Waals surface area contributed by atoms with Crippen LogP contribution in [0.5, 0.6) is 0 Å². The highest BCUT2D eigenvalue weighted by molar-refractivity contribution is 7.89. The molecular formula is C8H8NO8S3-. The monoisotopic (exact) mass is 342 g/mol.